The van der Waals surface area contributed by atoms with Crippen molar-refractivity contribution in [2.75, 3.05) is 0 Å². The van der Waals surface area contributed by atoms with Crippen LogP contribution in [0.5, 0.6) is 0 Å². The number of hydrogen-bond acceptors (Lipinski definition) is 4. The molecule has 56 heavy (non-hydrogen) atoms. The van der Waals surface area contributed by atoms with Crippen molar-refractivity contribution < 1.29 is 4.42 Å². The molecule has 0 saturated heterocycles. The number of para-hydroxylation sites is 3. The van der Waals surface area contributed by atoms with Gasteiger partial charge in [0.05, 0.1) is 22.3 Å². The molecule has 0 saturated carbocycles. The van der Waals surface area contributed by atoms with E-state index in [1.165, 1.54) is 16.3 Å². The Morgan fingerprint density at radius 3 is 1.64 bits per heavy atom. The summed E-state index contributed by atoms with van der Waals surface area (Å²) < 4.78 is 8.90. The van der Waals surface area contributed by atoms with Crippen molar-refractivity contribution in [3.05, 3.63) is 194 Å². The first-order chi connectivity index (χ1) is 27.8. The highest BCUT2D eigenvalue weighted by Gasteiger charge is 2.22. The Morgan fingerprint density at radius 2 is 0.893 bits per heavy atom. The molecule has 5 nitrogen and oxygen atoms in total. The van der Waals surface area contributed by atoms with E-state index in [-0.39, 0.29) is 0 Å². The molecule has 8 aromatic carbocycles. The molecular weight excluding hydrogens is 685 g/mol. The van der Waals surface area contributed by atoms with E-state index in [0.717, 1.165) is 72.0 Å². The molecule has 5 heteroatoms. The van der Waals surface area contributed by atoms with E-state index in [1.54, 1.807) is 0 Å². The topological polar surface area (TPSA) is 56.7 Å². The average molecular weight is 717 g/mol. The van der Waals surface area contributed by atoms with Crippen molar-refractivity contribution in [2.45, 2.75) is 0 Å². The van der Waals surface area contributed by atoms with Gasteiger partial charge < -0.3 is 8.98 Å². The van der Waals surface area contributed by atoms with Crippen molar-refractivity contribution >= 4 is 43.7 Å². The molecule has 0 atom stereocenters. The predicted octanol–water partition coefficient (Wildman–Crippen LogP) is 13.2. The first-order valence-electron chi connectivity index (χ1n) is 18.8. The van der Waals surface area contributed by atoms with Gasteiger partial charge in [-0.1, -0.05) is 158 Å². The zero-order valence-electron chi connectivity index (χ0n) is 30.2. The van der Waals surface area contributed by atoms with Gasteiger partial charge in [-0.3, -0.25) is 0 Å². The van der Waals surface area contributed by atoms with Gasteiger partial charge in [0.25, 0.3) is 0 Å². The summed E-state index contributed by atoms with van der Waals surface area (Å²) in [6.07, 6.45) is 0. The normalized spacial score (nSPS) is 11.6. The summed E-state index contributed by atoms with van der Waals surface area (Å²) in [5, 5.41) is 4.43. The van der Waals surface area contributed by atoms with E-state index in [9.17, 15) is 0 Å². The van der Waals surface area contributed by atoms with E-state index in [4.69, 9.17) is 19.4 Å². The third-order valence-electron chi connectivity index (χ3n) is 10.7. The Kier molecular flexibility index (Phi) is 7.42. The van der Waals surface area contributed by atoms with Gasteiger partial charge in [-0.15, -0.1) is 0 Å². The van der Waals surface area contributed by atoms with Crippen LogP contribution in [0.3, 0.4) is 0 Å². The van der Waals surface area contributed by atoms with Gasteiger partial charge in [0.2, 0.25) is 0 Å². The number of furan rings is 1. The van der Waals surface area contributed by atoms with E-state index in [2.05, 4.69) is 138 Å². The van der Waals surface area contributed by atoms with E-state index in [1.807, 2.05) is 60.7 Å². The number of nitrogens with zero attached hydrogens (tertiary/aromatic N) is 4. The zero-order chi connectivity index (χ0) is 37.0. The second kappa shape index (κ2) is 13.0. The fourth-order valence-electron chi connectivity index (χ4n) is 8.01. The van der Waals surface area contributed by atoms with Crippen LogP contribution in [0.1, 0.15) is 0 Å². The number of hydrogen-bond donors (Lipinski definition) is 0. The van der Waals surface area contributed by atoms with Gasteiger partial charge in [-0.2, -0.15) is 0 Å². The second-order valence-corrected chi connectivity index (χ2v) is 14.0. The maximum absolute atomic E-state index is 6.52. The maximum atomic E-state index is 6.52. The molecule has 11 aromatic rings. The Hall–Kier alpha value is -7.63. The third-order valence-corrected chi connectivity index (χ3v) is 10.7. The molecule has 0 N–H and O–H groups in total. The molecule has 0 fully saturated rings. The molecule has 0 aliphatic heterocycles. The van der Waals surface area contributed by atoms with Crippen molar-refractivity contribution in [1.29, 1.82) is 0 Å². The first kappa shape index (κ1) is 31.9. The highest BCUT2D eigenvalue weighted by molar-refractivity contribution is 6.11. The first-order valence-corrected chi connectivity index (χ1v) is 18.8. The molecule has 3 heterocycles. The van der Waals surface area contributed by atoms with Gasteiger partial charge in [-0.25, -0.2) is 15.0 Å². The quantitative estimate of drug-likeness (QED) is 0.172. The minimum Gasteiger partial charge on any atom is -0.455 e. The Balaban J connectivity index is 1.22. The van der Waals surface area contributed by atoms with Crippen molar-refractivity contribution in [3.8, 4) is 62.1 Å². The molecule has 0 bridgehead atoms. The highest BCUT2D eigenvalue weighted by atomic mass is 16.3. The molecule has 262 valence electrons. The number of aromatic nitrogens is 4. The Bertz CT molecular complexity index is 3240. The maximum Gasteiger partial charge on any atom is 0.167 e. The Morgan fingerprint density at radius 1 is 0.339 bits per heavy atom. The monoisotopic (exact) mass is 716 g/mol. The highest BCUT2D eigenvalue weighted by Crippen LogP contribution is 2.41. The fraction of sp³-hybridized carbons (Fsp3) is 0. The summed E-state index contributed by atoms with van der Waals surface area (Å²) in [6.45, 7) is 0. The average Bonchev–Trinajstić information content (AvgIpc) is 3.82. The van der Waals surface area contributed by atoms with Crippen LogP contribution >= 0.6 is 0 Å². The molecule has 11 rings (SSSR count). The SMILES string of the molecule is c1ccc(-c2ccc(-c3nc(-c4ccccc4)nc(-c4cccc5c4oc4ccccc45)n3)c(-n3c4ccccc4c4ccc(-c5ccccc5)cc43)c2)cc1. The van der Waals surface area contributed by atoms with Crippen molar-refractivity contribution in [2.24, 2.45) is 0 Å². The lowest BCUT2D eigenvalue weighted by Crippen LogP contribution is -2.04. The van der Waals surface area contributed by atoms with Gasteiger partial charge >= 0.3 is 0 Å². The number of benzene rings is 8. The lowest BCUT2D eigenvalue weighted by atomic mass is 10.0. The van der Waals surface area contributed by atoms with Crippen LogP contribution in [0.4, 0.5) is 0 Å². The molecule has 0 spiro atoms. The van der Waals surface area contributed by atoms with Crippen LogP contribution in [0.15, 0.2) is 199 Å². The molecule has 0 amide bonds. The summed E-state index contributed by atoms with van der Waals surface area (Å²) in [7, 11) is 0. The Labute approximate surface area is 322 Å². The molecule has 0 radical (unpaired) electrons. The lowest BCUT2D eigenvalue weighted by Gasteiger charge is -2.17. The van der Waals surface area contributed by atoms with Crippen LogP contribution in [0, 0.1) is 0 Å². The van der Waals surface area contributed by atoms with E-state index < -0.39 is 0 Å². The second-order valence-electron chi connectivity index (χ2n) is 14.0. The third kappa shape index (κ3) is 5.29. The fourth-order valence-corrected chi connectivity index (χ4v) is 8.01. The van der Waals surface area contributed by atoms with E-state index in [0.29, 0.717) is 17.5 Å². The van der Waals surface area contributed by atoms with Gasteiger partial charge in [0.15, 0.2) is 17.5 Å². The number of rotatable bonds is 6. The zero-order valence-corrected chi connectivity index (χ0v) is 30.2. The largest absolute Gasteiger partial charge is 0.455 e. The smallest absolute Gasteiger partial charge is 0.167 e. The van der Waals surface area contributed by atoms with Crippen LogP contribution in [-0.2, 0) is 0 Å². The van der Waals surface area contributed by atoms with Crippen molar-refractivity contribution in [1.82, 2.24) is 19.5 Å². The van der Waals surface area contributed by atoms with Crippen LogP contribution < -0.4 is 0 Å². The minimum absolute atomic E-state index is 0.546. The lowest BCUT2D eigenvalue weighted by molar-refractivity contribution is 0.669. The standard InChI is InChI=1S/C51H32N4O/c1-4-15-33(16-5-1)36-27-29-39-38-21-10-12-25-44(38)55(45(39)31-36)46-32-37(34-17-6-2-7-18-34)28-30-42(46)50-52-49(35-19-8-3-9-20-35)53-51(54-50)43-24-14-23-41-40-22-11-13-26-47(40)56-48(41)43/h1-32H. The summed E-state index contributed by atoms with van der Waals surface area (Å²) in [5.74, 6) is 1.71. The summed E-state index contributed by atoms with van der Waals surface area (Å²) in [6, 6.07) is 67.5. The van der Waals surface area contributed by atoms with Crippen LogP contribution in [-0.4, -0.2) is 19.5 Å². The van der Waals surface area contributed by atoms with Gasteiger partial charge in [-0.05, 0) is 58.7 Å². The molecule has 0 unspecified atom stereocenters. The molecule has 0 aliphatic carbocycles. The summed E-state index contributed by atoms with van der Waals surface area (Å²) in [5.41, 5.74) is 11.9. The summed E-state index contributed by atoms with van der Waals surface area (Å²) in [4.78, 5) is 15.7. The molecule has 3 aromatic heterocycles. The predicted molar refractivity (Wildman–Crippen MR) is 229 cm³/mol. The summed E-state index contributed by atoms with van der Waals surface area (Å²) >= 11 is 0. The number of fused-ring (bicyclic) bond motifs is 6. The minimum atomic E-state index is 0.546. The van der Waals surface area contributed by atoms with Crippen molar-refractivity contribution in [3.63, 3.8) is 0 Å². The molecule has 0 aliphatic rings. The molecular formula is C51H32N4O. The van der Waals surface area contributed by atoms with Crippen LogP contribution in [0.25, 0.3) is 106 Å². The van der Waals surface area contributed by atoms with Crippen LogP contribution in [0.2, 0.25) is 0 Å². The van der Waals surface area contributed by atoms with Gasteiger partial charge in [0, 0.05) is 32.7 Å². The van der Waals surface area contributed by atoms with E-state index >= 15 is 0 Å². The van der Waals surface area contributed by atoms with Gasteiger partial charge in [0.1, 0.15) is 11.2 Å².